The van der Waals surface area contributed by atoms with E-state index in [1.807, 2.05) is 31.2 Å². The minimum atomic E-state index is -0.568. The first-order valence-corrected chi connectivity index (χ1v) is 8.23. The smallest absolute Gasteiger partial charge is 0.191 e. The fraction of sp³-hybridized carbons (Fsp3) is 0.500. The van der Waals surface area contributed by atoms with E-state index in [0.717, 1.165) is 37.1 Å². The zero-order valence-electron chi connectivity index (χ0n) is 13.8. The lowest BCUT2D eigenvalue weighted by Gasteiger charge is -2.37. The zero-order valence-corrected chi connectivity index (χ0v) is 13.8. The largest absolute Gasteiger partial charge is 0.489 e. The minimum Gasteiger partial charge on any atom is -0.489 e. The molecular weight excluding hydrogens is 290 g/mol. The first-order chi connectivity index (χ1) is 11.2. The Morgan fingerprint density at radius 3 is 2.83 bits per heavy atom. The van der Waals surface area contributed by atoms with Crippen LogP contribution in [0.2, 0.25) is 0 Å². The van der Waals surface area contributed by atoms with Gasteiger partial charge in [-0.05, 0) is 32.3 Å². The van der Waals surface area contributed by atoms with Gasteiger partial charge in [-0.1, -0.05) is 30.9 Å². The molecule has 1 aromatic rings. The van der Waals surface area contributed by atoms with Crippen LogP contribution in [0.4, 0.5) is 0 Å². The molecule has 1 aliphatic rings. The van der Waals surface area contributed by atoms with Crippen molar-refractivity contribution in [3.63, 3.8) is 0 Å². The normalized spacial score (nSPS) is 16.3. The fourth-order valence-electron chi connectivity index (χ4n) is 2.44. The van der Waals surface area contributed by atoms with Crippen LogP contribution in [0.15, 0.2) is 41.9 Å². The molecule has 3 N–H and O–H groups in total. The lowest BCUT2D eigenvalue weighted by Crippen LogP contribution is -2.50. The lowest BCUT2D eigenvalue weighted by molar-refractivity contribution is -0.0279. The molecule has 0 heterocycles. The van der Waals surface area contributed by atoms with Gasteiger partial charge in [-0.25, -0.2) is 4.99 Å². The van der Waals surface area contributed by atoms with E-state index in [4.69, 9.17) is 4.74 Å². The summed E-state index contributed by atoms with van der Waals surface area (Å²) in [5.41, 5.74) is 0.454. The predicted octanol–water partition coefficient (Wildman–Crippen LogP) is 2.22. The average Bonchev–Trinajstić information content (AvgIpc) is 2.54. The summed E-state index contributed by atoms with van der Waals surface area (Å²) in [5.74, 6) is 1.54. The molecule has 23 heavy (non-hydrogen) atoms. The Morgan fingerprint density at radius 1 is 1.39 bits per heavy atom. The van der Waals surface area contributed by atoms with Crippen molar-refractivity contribution in [2.75, 3.05) is 19.7 Å². The predicted molar refractivity (Wildman–Crippen MR) is 93.8 cm³/mol. The molecule has 1 aromatic carbocycles. The molecule has 0 aromatic heterocycles. The molecule has 5 heteroatoms. The number of nitrogens with zero attached hydrogens (tertiary/aromatic N) is 1. The number of rotatable bonds is 8. The van der Waals surface area contributed by atoms with Gasteiger partial charge in [0.25, 0.3) is 0 Å². The van der Waals surface area contributed by atoms with E-state index in [1.165, 1.54) is 0 Å². The van der Waals surface area contributed by atoms with Crippen LogP contribution in [-0.4, -0.2) is 36.4 Å². The highest BCUT2D eigenvalue weighted by Gasteiger charge is 2.34. The van der Waals surface area contributed by atoms with E-state index < -0.39 is 5.60 Å². The van der Waals surface area contributed by atoms with Gasteiger partial charge < -0.3 is 20.5 Å². The van der Waals surface area contributed by atoms with Crippen LogP contribution in [0.3, 0.4) is 0 Å². The number of benzene rings is 1. The number of ether oxygens (including phenoxy) is 1. The van der Waals surface area contributed by atoms with Crippen LogP contribution in [0, 0.1) is 0 Å². The van der Waals surface area contributed by atoms with Crippen molar-refractivity contribution in [1.29, 1.82) is 0 Å². The van der Waals surface area contributed by atoms with Crippen molar-refractivity contribution in [2.45, 2.75) is 38.3 Å². The molecule has 1 aliphatic carbocycles. The van der Waals surface area contributed by atoms with Gasteiger partial charge in [-0.2, -0.15) is 0 Å². The van der Waals surface area contributed by atoms with Gasteiger partial charge >= 0.3 is 0 Å². The van der Waals surface area contributed by atoms with Crippen LogP contribution in [0.5, 0.6) is 5.75 Å². The Hall–Kier alpha value is -2.01. The summed E-state index contributed by atoms with van der Waals surface area (Å²) in [6.45, 7) is 8.00. The van der Waals surface area contributed by atoms with Crippen LogP contribution in [0.1, 0.15) is 31.7 Å². The molecule has 0 unspecified atom stereocenters. The van der Waals surface area contributed by atoms with E-state index >= 15 is 0 Å². The van der Waals surface area contributed by atoms with Crippen LogP contribution < -0.4 is 15.4 Å². The van der Waals surface area contributed by atoms with Crippen LogP contribution >= 0.6 is 0 Å². The second-order valence-corrected chi connectivity index (χ2v) is 5.83. The topological polar surface area (TPSA) is 65.9 Å². The van der Waals surface area contributed by atoms with Crippen molar-refractivity contribution in [3.8, 4) is 5.75 Å². The van der Waals surface area contributed by atoms with Gasteiger partial charge in [0.1, 0.15) is 12.4 Å². The molecule has 0 saturated heterocycles. The molecule has 2 rings (SSSR count). The van der Waals surface area contributed by atoms with E-state index in [9.17, 15) is 5.11 Å². The van der Waals surface area contributed by atoms with Gasteiger partial charge in [0.2, 0.25) is 0 Å². The molecule has 0 spiro atoms. The summed E-state index contributed by atoms with van der Waals surface area (Å²) < 4.78 is 5.65. The highest BCUT2D eigenvalue weighted by Crippen LogP contribution is 2.30. The molecule has 0 amide bonds. The number of hydrogen-bond acceptors (Lipinski definition) is 3. The maximum atomic E-state index is 10.2. The second kappa shape index (κ2) is 8.58. The molecule has 0 radical (unpaired) electrons. The number of nitrogens with one attached hydrogen (secondary N) is 2. The quantitative estimate of drug-likeness (QED) is 0.391. The molecule has 1 fully saturated rings. The number of aliphatic hydroxyl groups is 1. The summed E-state index contributed by atoms with van der Waals surface area (Å²) in [6.07, 6.45) is 4.54. The third-order valence-corrected chi connectivity index (χ3v) is 3.95. The summed E-state index contributed by atoms with van der Waals surface area (Å²) in [6, 6.07) is 7.86. The third kappa shape index (κ3) is 5.28. The molecule has 126 valence electrons. The number of hydrogen-bond donors (Lipinski definition) is 3. The highest BCUT2D eigenvalue weighted by atomic mass is 16.5. The maximum absolute atomic E-state index is 10.2. The van der Waals surface area contributed by atoms with Crippen molar-refractivity contribution in [1.82, 2.24) is 10.6 Å². The first kappa shape index (κ1) is 17.3. The van der Waals surface area contributed by atoms with Gasteiger partial charge in [-0.15, -0.1) is 0 Å². The van der Waals surface area contributed by atoms with Crippen LogP contribution in [0.25, 0.3) is 0 Å². The van der Waals surface area contributed by atoms with E-state index in [-0.39, 0.29) is 0 Å². The fourth-order valence-corrected chi connectivity index (χ4v) is 2.44. The Kier molecular flexibility index (Phi) is 6.47. The minimum absolute atomic E-state index is 0.478. The van der Waals surface area contributed by atoms with Gasteiger partial charge in [0, 0.05) is 18.7 Å². The molecule has 0 bridgehead atoms. The highest BCUT2D eigenvalue weighted by molar-refractivity contribution is 5.79. The standard InChI is InChI=1S/C18H27N3O2/c1-3-12-23-16-9-6-5-8-15(16)13-20-17(19-4-2)21-14-18(22)10-7-11-18/h3,5-6,8-9,22H,1,4,7,10-14H2,2H3,(H2,19,20,21). The van der Waals surface area contributed by atoms with Gasteiger partial charge in [0.05, 0.1) is 12.1 Å². The van der Waals surface area contributed by atoms with Crippen molar-refractivity contribution >= 4 is 5.96 Å². The Bertz CT molecular complexity index is 539. The summed E-state index contributed by atoms with van der Waals surface area (Å²) >= 11 is 0. The van der Waals surface area contributed by atoms with Crippen molar-refractivity contribution < 1.29 is 9.84 Å². The summed E-state index contributed by atoms with van der Waals surface area (Å²) in [7, 11) is 0. The Morgan fingerprint density at radius 2 is 2.17 bits per heavy atom. The monoisotopic (exact) mass is 317 g/mol. The average molecular weight is 317 g/mol. The van der Waals surface area contributed by atoms with E-state index in [0.29, 0.717) is 25.7 Å². The third-order valence-electron chi connectivity index (χ3n) is 3.95. The molecule has 0 atom stereocenters. The lowest BCUT2D eigenvalue weighted by atomic mass is 9.80. The summed E-state index contributed by atoms with van der Waals surface area (Å²) in [5, 5.41) is 16.6. The molecule has 5 nitrogen and oxygen atoms in total. The first-order valence-electron chi connectivity index (χ1n) is 8.23. The van der Waals surface area contributed by atoms with Gasteiger partial charge in [0.15, 0.2) is 5.96 Å². The maximum Gasteiger partial charge on any atom is 0.191 e. The zero-order chi connectivity index (χ0) is 16.5. The molecule has 0 aliphatic heterocycles. The Balaban J connectivity index is 1.97. The van der Waals surface area contributed by atoms with Crippen LogP contribution in [-0.2, 0) is 6.54 Å². The number of guanidine groups is 1. The van der Waals surface area contributed by atoms with Gasteiger partial charge in [-0.3, -0.25) is 0 Å². The van der Waals surface area contributed by atoms with E-state index in [2.05, 4.69) is 22.2 Å². The van der Waals surface area contributed by atoms with Crippen molar-refractivity contribution in [2.24, 2.45) is 4.99 Å². The Labute approximate surface area is 138 Å². The van der Waals surface area contributed by atoms with Crippen molar-refractivity contribution in [3.05, 3.63) is 42.5 Å². The summed E-state index contributed by atoms with van der Waals surface area (Å²) in [4.78, 5) is 4.59. The molecule has 1 saturated carbocycles. The SMILES string of the molecule is C=CCOc1ccccc1CN=C(NCC)NCC1(O)CCC1. The number of aliphatic imine (C=N–C) groups is 1. The molecular formula is C18H27N3O2. The second-order valence-electron chi connectivity index (χ2n) is 5.83. The van der Waals surface area contributed by atoms with E-state index in [1.54, 1.807) is 6.08 Å². The number of para-hydroxylation sites is 1.